The molecule has 0 saturated heterocycles. The molecule has 16 heteroatoms. The van der Waals surface area contributed by atoms with Crippen molar-refractivity contribution >= 4 is 0 Å². The van der Waals surface area contributed by atoms with E-state index < -0.39 is 59.2 Å². The zero-order valence-corrected chi connectivity index (χ0v) is 11.2. The Hall–Kier alpha value is -1.12. The van der Waals surface area contributed by atoms with Crippen molar-refractivity contribution in [3.05, 3.63) is 0 Å². The first-order chi connectivity index (χ1) is 11.0. The molecular weight excluding hydrogens is 424 g/mol. The molecule has 3 atom stereocenters. The fraction of sp³-hybridized carbons (Fsp3) is 1.00. The van der Waals surface area contributed by atoms with E-state index in [2.05, 4.69) is 0 Å². The van der Waals surface area contributed by atoms with Crippen LogP contribution in [0.3, 0.4) is 0 Å². The Labute approximate surface area is 131 Å². The predicted molar refractivity (Wildman–Crippen MR) is 46.9 cm³/mol. The van der Waals surface area contributed by atoms with Crippen LogP contribution in [0.25, 0.3) is 0 Å². The molecule has 0 heterocycles. The predicted octanol–water partition coefficient (Wildman–Crippen LogP) is 5.12. The van der Waals surface area contributed by atoms with E-state index in [9.17, 15) is 70.2 Å². The van der Waals surface area contributed by atoms with Crippen molar-refractivity contribution in [1.29, 1.82) is 0 Å². The summed E-state index contributed by atoms with van der Waals surface area (Å²) in [5.74, 6) is -58.8. The molecule has 0 nitrogen and oxygen atoms in total. The Morgan fingerprint density at radius 1 is 0.385 bits per heavy atom. The standard InChI is InChI=1S/C10H2F16/c11-2-1-3(12,6(17,18)9(23,24)5(2,15)16)7(19,20)10(25,26)8(21,22)4(1,13)14/h1-2H. The fourth-order valence-electron chi connectivity index (χ4n) is 2.87. The van der Waals surface area contributed by atoms with Gasteiger partial charge in [-0.25, -0.2) is 8.78 Å². The summed E-state index contributed by atoms with van der Waals surface area (Å²) in [5.41, 5.74) is -7.50. The molecule has 2 aliphatic carbocycles. The van der Waals surface area contributed by atoms with Gasteiger partial charge in [-0.1, -0.05) is 0 Å². The van der Waals surface area contributed by atoms with E-state index >= 15 is 0 Å². The van der Waals surface area contributed by atoms with Gasteiger partial charge < -0.3 is 0 Å². The van der Waals surface area contributed by atoms with E-state index in [1.54, 1.807) is 0 Å². The highest BCUT2D eigenvalue weighted by atomic mass is 19.4. The Morgan fingerprint density at radius 3 is 1.08 bits per heavy atom. The van der Waals surface area contributed by atoms with Gasteiger partial charge in [0.15, 0.2) is 6.17 Å². The average molecular weight is 426 g/mol. The highest BCUT2D eigenvalue weighted by molar-refractivity contribution is 5.33. The van der Waals surface area contributed by atoms with Crippen LogP contribution in [0.15, 0.2) is 0 Å². The molecule has 0 bridgehead atoms. The molecule has 0 radical (unpaired) electrons. The minimum Gasteiger partial charge on any atom is -0.240 e. The molecule has 0 aliphatic heterocycles. The lowest BCUT2D eigenvalue weighted by atomic mass is 9.57. The first-order valence-electron chi connectivity index (χ1n) is 6.00. The van der Waals surface area contributed by atoms with Gasteiger partial charge in [-0.05, 0) is 0 Å². The summed E-state index contributed by atoms with van der Waals surface area (Å²) in [6, 6.07) is 0. The zero-order chi connectivity index (χ0) is 21.2. The second-order valence-corrected chi connectivity index (χ2v) is 5.71. The van der Waals surface area contributed by atoms with Crippen molar-refractivity contribution in [3.63, 3.8) is 0 Å². The van der Waals surface area contributed by atoms with Crippen molar-refractivity contribution in [2.24, 2.45) is 5.92 Å². The van der Waals surface area contributed by atoms with Crippen molar-refractivity contribution < 1.29 is 70.2 Å². The molecule has 0 N–H and O–H groups in total. The van der Waals surface area contributed by atoms with Crippen LogP contribution in [-0.2, 0) is 0 Å². The number of hydrogen-bond donors (Lipinski definition) is 0. The maximum absolute atomic E-state index is 14.2. The van der Waals surface area contributed by atoms with Crippen LogP contribution >= 0.6 is 0 Å². The zero-order valence-electron chi connectivity index (χ0n) is 11.2. The Balaban J connectivity index is 3.02. The smallest absolute Gasteiger partial charge is 0.240 e. The van der Waals surface area contributed by atoms with Gasteiger partial charge in [-0.15, -0.1) is 0 Å². The van der Waals surface area contributed by atoms with Gasteiger partial charge in [-0.3, -0.25) is 0 Å². The lowest BCUT2D eigenvalue weighted by molar-refractivity contribution is -0.512. The molecule has 154 valence electrons. The van der Waals surface area contributed by atoms with E-state index in [0.717, 1.165) is 0 Å². The molecule has 2 rings (SSSR count). The lowest BCUT2D eigenvalue weighted by Gasteiger charge is -2.59. The van der Waals surface area contributed by atoms with Gasteiger partial charge in [0.25, 0.3) is 5.67 Å². The second kappa shape index (κ2) is 4.47. The largest absolute Gasteiger partial charge is 0.381 e. The summed E-state index contributed by atoms with van der Waals surface area (Å²) in [6.45, 7) is 0. The number of alkyl halides is 16. The molecule has 0 spiro atoms. The molecule has 3 unspecified atom stereocenters. The van der Waals surface area contributed by atoms with E-state index in [1.807, 2.05) is 0 Å². The molecule has 0 aromatic rings. The van der Waals surface area contributed by atoms with Crippen LogP contribution < -0.4 is 0 Å². The van der Waals surface area contributed by atoms with E-state index in [0.29, 0.717) is 0 Å². The Bertz CT molecular complexity index is 607. The highest BCUT2D eigenvalue weighted by Crippen LogP contribution is 2.76. The van der Waals surface area contributed by atoms with Gasteiger partial charge in [0.2, 0.25) is 0 Å². The molecule has 0 aromatic heterocycles. The van der Waals surface area contributed by atoms with Gasteiger partial charge in [0.1, 0.15) is 5.92 Å². The van der Waals surface area contributed by atoms with Crippen molar-refractivity contribution in [1.82, 2.24) is 0 Å². The number of fused-ring (bicyclic) bond motifs is 1. The van der Waals surface area contributed by atoms with Crippen molar-refractivity contribution in [2.75, 3.05) is 0 Å². The minimum atomic E-state index is -7.80. The second-order valence-electron chi connectivity index (χ2n) is 5.71. The third kappa shape index (κ3) is 1.56. The van der Waals surface area contributed by atoms with Gasteiger partial charge in [-0.2, -0.15) is 61.5 Å². The molecule has 26 heavy (non-hydrogen) atoms. The quantitative estimate of drug-likeness (QED) is 0.472. The monoisotopic (exact) mass is 426 g/mol. The summed E-state index contributed by atoms with van der Waals surface area (Å²) in [5, 5.41) is 0. The summed E-state index contributed by atoms with van der Waals surface area (Å²) < 4.78 is 213. The summed E-state index contributed by atoms with van der Waals surface area (Å²) >= 11 is 0. The van der Waals surface area contributed by atoms with Crippen LogP contribution in [0.5, 0.6) is 0 Å². The maximum Gasteiger partial charge on any atom is 0.381 e. The third-order valence-electron chi connectivity index (χ3n) is 4.39. The van der Waals surface area contributed by atoms with Crippen molar-refractivity contribution in [3.8, 4) is 0 Å². The van der Waals surface area contributed by atoms with Crippen LogP contribution in [-0.4, -0.2) is 53.3 Å². The van der Waals surface area contributed by atoms with Crippen LogP contribution in [0.1, 0.15) is 0 Å². The van der Waals surface area contributed by atoms with Crippen LogP contribution in [0.4, 0.5) is 70.2 Å². The first-order valence-corrected chi connectivity index (χ1v) is 6.00. The molecule has 2 aliphatic rings. The van der Waals surface area contributed by atoms with Gasteiger partial charge in [0.05, 0.1) is 0 Å². The molecular formula is C10H2F16. The average Bonchev–Trinajstić information content (AvgIpc) is 2.43. The third-order valence-corrected chi connectivity index (χ3v) is 4.39. The van der Waals surface area contributed by atoms with Crippen molar-refractivity contribution in [2.45, 2.75) is 53.3 Å². The normalized spacial score (nSPS) is 43.4. The Morgan fingerprint density at radius 2 is 0.692 bits per heavy atom. The highest BCUT2D eigenvalue weighted by Gasteiger charge is 3.05. The van der Waals surface area contributed by atoms with E-state index in [-0.39, 0.29) is 0 Å². The topological polar surface area (TPSA) is 0 Å². The van der Waals surface area contributed by atoms with E-state index in [1.165, 1.54) is 0 Å². The molecule has 0 aromatic carbocycles. The summed E-state index contributed by atoms with van der Waals surface area (Å²) in [4.78, 5) is 0. The van der Waals surface area contributed by atoms with Crippen LogP contribution in [0.2, 0.25) is 0 Å². The van der Waals surface area contributed by atoms with E-state index in [4.69, 9.17) is 0 Å². The molecule has 2 fully saturated rings. The molecule has 2 saturated carbocycles. The number of halogens is 16. The fourth-order valence-corrected chi connectivity index (χ4v) is 2.87. The minimum absolute atomic E-state index is 5.80. The van der Waals surface area contributed by atoms with Crippen LogP contribution in [0, 0.1) is 5.92 Å². The number of hydrogen-bond acceptors (Lipinski definition) is 0. The Kier molecular flexibility index (Phi) is 3.64. The van der Waals surface area contributed by atoms with Gasteiger partial charge in [0, 0.05) is 0 Å². The SMILES string of the molecule is FC1C2C(F)(F)C(F)(F)C(F)(F)C(F)(F)C2(F)C(F)(F)C(F)(F)C1(F)F. The summed E-state index contributed by atoms with van der Waals surface area (Å²) in [7, 11) is 0. The lowest BCUT2D eigenvalue weighted by Crippen LogP contribution is -2.90. The first kappa shape index (κ1) is 21.2. The molecule has 0 amide bonds. The number of rotatable bonds is 0. The maximum atomic E-state index is 14.2. The van der Waals surface area contributed by atoms with Gasteiger partial charge >= 0.3 is 41.5 Å². The summed E-state index contributed by atoms with van der Waals surface area (Å²) in [6.07, 6.45) is -5.80.